The largest absolute Gasteiger partial charge is 0.309 e. The Morgan fingerprint density at radius 1 is 0.279 bits per heavy atom. The number of para-hydroxylation sites is 2. The van der Waals surface area contributed by atoms with Crippen LogP contribution in [0.4, 0.5) is 0 Å². The standard InChI is InChI=1S/C57H36N4/c1-3-15-37(16-4-1)38-27-29-40(30-28-38)55-58-56(60-57(59-55)54-46-23-10-8-18-41(46)35-51-44-21-9-7-17-39(44)31-34-49(51)54)50-25-12-11-22-45(50)42-32-33-48-47-24-13-14-26-52(47)61(53(48)36-42)43-19-5-2-6-20-43/h1-36H. The number of hydrogen-bond acceptors (Lipinski definition) is 3. The van der Waals surface area contributed by atoms with Crippen molar-refractivity contribution in [3.05, 3.63) is 218 Å². The lowest BCUT2D eigenvalue weighted by Gasteiger charge is -2.16. The summed E-state index contributed by atoms with van der Waals surface area (Å²) in [5.74, 6) is 1.88. The molecule has 0 atom stereocenters. The number of rotatable bonds is 6. The maximum absolute atomic E-state index is 5.47. The van der Waals surface area contributed by atoms with E-state index in [4.69, 9.17) is 15.0 Å². The van der Waals surface area contributed by atoms with Crippen LogP contribution in [0.15, 0.2) is 218 Å². The van der Waals surface area contributed by atoms with Crippen LogP contribution in [0.1, 0.15) is 0 Å². The zero-order valence-corrected chi connectivity index (χ0v) is 33.1. The minimum atomic E-state index is 0.619. The lowest BCUT2D eigenvalue weighted by atomic mass is 9.93. The van der Waals surface area contributed by atoms with Gasteiger partial charge in [0.05, 0.1) is 11.0 Å². The SMILES string of the molecule is c1ccc(-c2ccc(-c3nc(-c4ccccc4-c4ccc5c6ccccc6n(-c6ccccc6)c5c4)nc(-c4c5ccccc5cc5c4ccc4ccccc45)n3)cc2)cc1. The highest BCUT2D eigenvalue weighted by molar-refractivity contribution is 6.19. The van der Waals surface area contributed by atoms with E-state index in [1.165, 1.54) is 32.4 Å². The van der Waals surface area contributed by atoms with Crippen molar-refractivity contribution in [2.45, 2.75) is 0 Å². The monoisotopic (exact) mass is 776 g/mol. The highest BCUT2D eigenvalue weighted by Crippen LogP contribution is 2.41. The van der Waals surface area contributed by atoms with Crippen molar-refractivity contribution < 1.29 is 0 Å². The molecule has 0 aliphatic heterocycles. The molecule has 0 radical (unpaired) electrons. The Labute approximate surface area is 352 Å². The molecule has 10 aromatic carbocycles. The molecule has 0 amide bonds. The van der Waals surface area contributed by atoms with Gasteiger partial charge in [0.25, 0.3) is 0 Å². The minimum absolute atomic E-state index is 0.619. The summed E-state index contributed by atoms with van der Waals surface area (Å²) in [7, 11) is 0. The summed E-state index contributed by atoms with van der Waals surface area (Å²) >= 11 is 0. The maximum atomic E-state index is 5.47. The molecule has 12 aromatic rings. The molecule has 284 valence electrons. The Kier molecular flexibility index (Phi) is 8.13. The number of aromatic nitrogens is 4. The molecule has 2 heterocycles. The van der Waals surface area contributed by atoms with Gasteiger partial charge >= 0.3 is 0 Å². The van der Waals surface area contributed by atoms with Crippen molar-refractivity contribution in [2.75, 3.05) is 0 Å². The molecule has 4 heteroatoms. The van der Waals surface area contributed by atoms with E-state index >= 15 is 0 Å². The minimum Gasteiger partial charge on any atom is -0.309 e. The summed E-state index contributed by atoms with van der Waals surface area (Å²) in [6.45, 7) is 0. The van der Waals surface area contributed by atoms with Crippen LogP contribution in [0.25, 0.3) is 116 Å². The molecular weight excluding hydrogens is 741 g/mol. The van der Waals surface area contributed by atoms with Crippen LogP contribution in [0, 0.1) is 0 Å². The molecule has 0 saturated carbocycles. The molecule has 0 N–H and O–H groups in total. The van der Waals surface area contributed by atoms with Gasteiger partial charge in [0.2, 0.25) is 0 Å². The first-order chi connectivity index (χ1) is 30.2. The van der Waals surface area contributed by atoms with E-state index in [0.717, 1.165) is 66.3 Å². The van der Waals surface area contributed by atoms with Crippen LogP contribution in [-0.2, 0) is 0 Å². The molecule has 0 bridgehead atoms. The van der Waals surface area contributed by atoms with Gasteiger partial charge in [-0.2, -0.15) is 0 Å². The molecule has 4 nitrogen and oxygen atoms in total. The van der Waals surface area contributed by atoms with Gasteiger partial charge in [-0.1, -0.05) is 188 Å². The normalized spacial score (nSPS) is 11.6. The van der Waals surface area contributed by atoms with Crippen molar-refractivity contribution in [1.29, 1.82) is 0 Å². The van der Waals surface area contributed by atoms with Crippen LogP contribution in [0.3, 0.4) is 0 Å². The van der Waals surface area contributed by atoms with Crippen molar-refractivity contribution in [3.8, 4) is 62.1 Å². The molecular formula is C57H36N4. The third-order valence-corrected chi connectivity index (χ3v) is 12.0. The van der Waals surface area contributed by atoms with Crippen LogP contribution < -0.4 is 0 Å². The van der Waals surface area contributed by atoms with Gasteiger partial charge in [-0.15, -0.1) is 0 Å². The molecule has 0 unspecified atom stereocenters. The molecule has 0 aliphatic rings. The third-order valence-electron chi connectivity index (χ3n) is 12.0. The van der Waals surface area contributed by atoms with Crippen molar-refractivity contribution >= 4 is 54.1 Å². The van der Waals surface area contributed by atoms with Gasteiger partial charge in [0.15, 0.2) is 17.5 Å². The van der Waals surface area contributed by atoms with Crippen molar-refractivity contribution in [2.24, 2.45) is 0 Å². The summed E-state index contributed by atoms with van der Waals surface area (Å²) in [6, 6.07) is 77.5. The first-order valence-electron chi connectivity index (χ1n) is 20.7. The van der Waals surface area contributed by atoms with Gasteiger partial charge in [0, 0.05) is 33.2 Å². The molecule has 0 saturated heterocycles. The van der Waals surface area contributed by atoms with Crippen LogP contribution >= 0.6 is 0 Å². The first kappa shape index (κ1) is 34.8. The average Bonchev–Trinajstić information content (AvgIpc) is 3.67. The van der Waals surface area contributed by atoms with Gasteiger partial charge in [-0.25, -0.2) is 15.0 Å². The van der Waals surface area contributed by atoms with E-state index in [9.17, 15) is 0 Å². The van der Waals surface area contributed by atoms with E-state index < -0.39 is 0 Å². The zero-order valence-electron chi connectivity index (χ0n) is 33.1. The van der Waals surface area contributed by atoms with Crippen LogP contribution in [-0.4, -0.2) is 19.5 Å². The molecule has 2 aromatic heterocycles. The lowest BCUT2D eigenvalue weighted by molar-refractivity contribution is 1.08. The van der Waals surface area contributed by atoms with E-state index in [1.54, 1.807) is 0 Å². The maximum Gasteiger partial charge on any atom is 0.165 e. The average molecular weight is 777 g/mol. The van der Waals surface area contributed by atoms with Gasteiger partial charge < -0.3 is 4.57 Å². The van der Waals surface area contributed by atoms with Crippen molar-refractivity contribution in [1.82, 2.24) is 19.5 Å². The van der Waals surface area contributed by atoms with Gasteiger partial charge in [-0.3, -0.25) is 0 Å². The third kappa shape index (κ3) is 5.88. The second-order valence-corrected chi connectivity index (χ2v) is 15.6. The van der Waals surface area contributed by atoms with E-state index in [1.807, 2.05) is 6.07 Å². The smallest absolute Gasteiger partial charge is 0.165 e. The van der Waals surface area contributed by atoms with Crippen LogP contribution in [0.2, 0.25) is 0 Å². The second-order valence-electron chi connectivity index (χ2n) is 15.6. The topological polar surface area (TPSA) is 43.6 Å². The molecule has 0 fully saturated rings. The number of nitrogens with zero attached hydrogens (tertiary/aromatic N) is 4. The highest BCUT2D eigenvalue weighted by atomic mass is 15.0. The predicted molar refractivity (Wildman–Crippen MR) is 254 cm³/mol. The molecule has 61 heavy (non-hydrogen) atoms. The Morgan fingerprint density at radius 2 is 0.836 bits per heavy atom. The van der Waals surface area contributed by atoms with Crippen LogP contribution in [0.5, 0.6) is 0 Å². The quantitative estimate of drug-likeness (QED) is 0.125. The summed E-state index contributed by atoms with van der Waals surface area (Å²) < 4.78 is 2.37. The molecule has 0 spiro atoms. The summed E-state index contributed by atoms with van der Waals surface area (Å²) in [5.41, 5.74) is 10.7. The van der Waals surface area contributed by atoms with Gasteiger partial charge in [0.1, 0.15) is 0 Å². The molecule has 12 rings (SSSR count). The Morgan fingerprint density at radius 3 is 1.66 bits per heavy atom. The second kappa shape index (κ2) is 14.3. The fraction of sp³-hybridized carbons (Fsp3) is 0. The predicted octanol–water partition coefficient (Wildman–Crippen LogP) is 14.8. The Hall–Kier alpha value is -8.21. The Bertz CT molecular complexity index is 3630. The summed E-state index contributed by atoms with van der Waals surface area (Å²) in [6.07, 6.45) is 0. The zero-order chi connectivity index (χ0) is 40.3. The van der Waals surface area contributed by atoms with E-state index in [0.29, 0.717) is 17.5 Å². The number of fused-ring (bicyclic) bond motifs is 7. The number of benzene rings is 10. The highest BCUT2D eigenvalue weighted by Gasteiger charge is 2.21. The van der Waals surface area contributed by atoms with Crippen molar-refractivity contribution in [3.63, 3.8) is 0 Å². The summed E-state index contributed by atoms with van der Waals surface area (Å²) in [5, 5.41) is 9.34. The lowest BCUT2D eigenvalue weighted by Crippen LogP contribution is -2.02. The van der Waals surface area contributed by atoms with E-state index in [-0.39, 0.29) is 0 Å². The number of hydrogen-bond donors (Lipinski definition) is 0. The molecule has 0 aliphatic carbocycles. The summed E-state index contributed by atoms with van der Waals surface area (Å²) in [4.78, 5) is 16.2. The fourth-order valence-electron chi connectivity index (χ4n) is 9.16. The van der Waals surface area contributed by atoms with E-state index in [2.05, 4.69) is 217 Å². The van der Waals surface area contributed by atoms with Gasteiger partial charge in [-0.05, 0) is 84.9 Å². The fourth-order valence-corrected chi connectivity index (χ4v) is 9.16. The Balaban J connectivity index is 1.10. The first-order valence-corrected chi connectivity index (χ1v) is 20.7.